The number of carbonyl (C=O) groups excluding carboxylic acids is 1. The highest BCUT2D eigenvalue weighted by Gasteiger charge is 2.22. The van der Waals surface area contributed by atoms with Gasteiger partial charge in [0.25, 0.3) is 0 Å². The van der Waals surface area contributed by atoms with Gasteiger partial charge in [-0.25, -0.2) is 4.79 Å². The molecule has 116 valence electrons. The summed E-state index contributed by atoms with van der Waals surface area (Å²) in [4.78, 5) is 28.5. The second-order valence-electron chi connectivity index (χ2n) is 5.12. The molecule has 1 N–H and O–H groups in total. The number of nitrogens with one attached hydrogen (secondary N) is 1. The van der Waals surface area contributed by atoms with E-state index in [0.717, 1.165) is 0 Å². The zero-order valence-corrected chi connectivity index (χ0v) is 13.5. The first kappa shape index (κ1) is 16.2. The van der Waals surface area contributed by atoms with Gasteiger partial charge in [0, 0.05) is 22.1 Å². The van der Waals surface area contributed by atoms with Crippen molar-refractivity contribution in [2.45, 2.75) is 33.2 Å². The Labute approximate surface area is 134 Å². The maximum atomic E-state index is 12.5. The Morgan fingerprint density at radius 3 is 2.68 bits per heavy atom. The van der Waals surface area contributed by atoms with E-state index in [1.165, 1.54) is 4.57 Å². The van der Waals surface area contributed by atoms with Crippen molar-refractivity contribution < 1.29 is 4.79 Å². The fourth-order valence-corrected chi connectivity index (χ4v) is 2.61. The normalized spacial score (nSPS) is 12.0. The van der Waals surface area contributed by atoms with E-state index in [2.05, 4.69) is 10.3 Å². The molecule has 1 heterocycles. The Morgan fingerprint density at radius 1 is 1.36 bits per heavy atom. The average molecular weight is 320 g/mol. The Hall–Kier alpha value is -2.14. The summed E-state index contributed by atoms with van der Waals surface area (Å²) in [7, 11) is 0. The molecule has 22 heavy (non-hydrogen) atoms. The van der Waals surface area contributed by atoms with E-state index in [4.69, 9.17) is 11.6 Å². The van der Waals surface area contributed by atoms with E-state index in [1.807, 2.05) is 6.92 Å². The molecule has 0 spiro atoms. The summed E-state index contributed by atoms with van der Waals surface area (Å²) in [5.41, 5.74) is 1.54. The molecule has 0 aliphatic carbocycles. The van der Waals surface area contributed by atoms with E-state index < -0.39 is 11.7 Å². The van der Waals surface area contributed by atoms with Crippen LogP contribution >= 0.6 is 11.6 Å². The number of aromatic nitrogens is 2. The summed E-state index contributed by atoms with van der Waals surface area (Å²) < 4.78 is 1.42. The second-order valence-corrected chi connectivity index (χ2v) is 5.55. The number of benzene rings is 1. The number of rotatable bonds is 4. The molecule has 0 radical (unpaired) electrons. The van der Waals surface area contributed by atoms with Gasteiger partial charge in [-0.05, 0) is 44.5 Å². The average Bonchev–Trinajstić information content (AvgIpc) is 2.42. The molecule has 0 saturated heterocycles. The van der Waals surface area contributed by atoms with E-state index in [0.29, 0.717) is 28.5 Å². The van der Waals surface area contributed by atoms with Gasteiger partial charge in [0.15, 0.2) is 0 Å². The summed E-state index contributed by atoms with van der Waals surface area (Å²) in [6, 6.07) is 8.07. The van der Waals surface area contributed by atoms with Gasteiger partial charge in [-0.15, -0.1) is 0 Å². The van der Waals surface area contributed by atoms with Gasteiger partial charge in [0.1, 0.15) is 6.04 Å². The van der Waals surface area contributed by atoms with Crippen LogP contribution in [0.1, 0.15) is 30.8 Å². The number of halogens is 1. The lowest BCUT2D eigenvalue weighted by Crippen LogP contribution is -2.36. The smallest absolute Gasteiger partial charge is 0.324 e. The molecule has 2 aromatic rings. The van der Waals surface area contributed by atoms with Crippen LogP contribution in [0.15, 0.2) is 35.1 Å². The number of amides is 1. The zero-order chi connectivity index (χ0) is 16.3. The van der Waals surface area contributed by atoms with Gasteiger partial charge in [0.2, 0.25) is 5.91 Å². The fraction of sp³-hybridized carbons (Fsp3) is 0.312. The van der Waals surface area contributed by atoms with Crippen molar-refractivity contribution in [3.63, 3.8) is 0 Å². The maximum absolute atomic E-state index is 12.5. The van der Waals surface area contributed by atoms with Crippen LogP contribution < -0.4 is 11.0 Å². The first-order chi connectivity index (χ1) is 10.4. The molecule has 0 saturated carbocycles. The van der Waals surface area contributed by atoms with E-state index in [9.17, 15) is 9.59 Å². The number of anilines is 1. The summed E-state index contributed by atoms with van der Waals surface area (Å²) in [6.45, 7) is 5.41. The predicted octanol–water partition coefficient (Wildman–Crippen LogP) is 3.10. The van der Waals surface area contributed by atoms with Gasteiger partial charge in [-0.1, -0.05) is 24.6 Å². The van der Waals surface area contributed by atoms with Crippen LogP contribution in [0.4, 0.5) is 5.69 Å². The van der Waals surface area contributed by atoms with Crippen LogP contribution in [-0.2, 0) is 4.79 Å². The molecule has 1 atom stereocenters. The molecule has 0 aliphatic heterocycles. The lowest BCUT2D eigenvalue weighted by atomic mass is 10.1. The molecular formula is C16H18ClN3O2. The van der Waals surface area contributed by atoms with E-state index in [1.54, 1.807) is 44.2 Å². The number of nitrogens with zero attached hydrogens (tertiary/aromatic N) is 2. The zero-order valence-electron chi connectivity index (χ0n) is 12.8. The fourth-order valence-electron chi connectivity index (χ4n) is 2.42. The van der Waals surface area contributed by atoms with Crippen molar-refractivity contribution in [2.24, 2.45) is 0 Å². The highest BCUT2D eigenvalue weighted by atomic mass is 35.5. The maximum Gasteiger partial charge on any atom is 0.348 e. The Balaban J connectivity index is 2.32. The van der Waals surface area contributed by atoms with Crippen molar-refractivity contribution in [1.82, 2.24) is 9.55 Å². The standard InChI is InChI=1S/C16H18ClN3O2/c1-4-14(20-11(3)8-10(2)18-16(20)22)15(21)19-13-7-5-6-12(17)9-13/h5-9,14H,4H2,1-3H3,(H,19,21)/t14-/m0/s1. The van der Waals surface area contributed by atoms with Gasteiger partial charge in [-0.3, -0.25) is 9.36 Å². The highest BCUT2D eigenvalue weighted by molar-refractivity contribution is 6.30. The molecule has 1 amide bonds. The lowest BCUT2D eigenvalue weighted by molar-refractivity contribution is -0.119. The lowest BCUT2D eigenvalue weighted by Gasteiger charge is -2.20. The minimum Gasteiger partial charge on any atom is -0.324 e. The van der Waals surface area contributed by atoms with E-state index >= 15 is 0 Å². The van der Waals surface area contributed by atoms with Crippen molar-refractivity contribution in [2.75, 3.05) is 5.32 Å². The third kappa shape index (κ3) is 3.54. The Morgan fingerprint density at radius 2 is 2.09 bits per heavy atom. The summed E-state index contributed by atoms with van der Waals surface area (Å²) >= 11 is 5.91. The minimum atomic E-state index is -0.611. The van der Waals surface area contributed by atoms with Crippen LogP contribution in [0.25, 0.3) is 0 Å². The van der Waals surface area contributed by atoms with Crippen molar-refractivity contribution >= 4 is 23.2 Å². The highest BCUT2D eigenvalue weighted by Crippen LogP contribution is 2.18. The largest absolute Gasteiger partial charge is 0.348 e. The van der Waals surface area contributed by atoms with Crippen LogP contribution in [-0.4, -0.2) is 15.5 Å². The minimum absolute atomic E-state index is 0.263. The van der Waals surface area contributed by atoms with Gasteiger partial charge >= 0.3 is 5.69 Å². The molecule has 6 heteroatoms. The first-order valence-corrected chi connectivity index (χ1v) is 7.43. The summed E-state index contributed by atoms with van der Waals surface area (Å²) in [5, 5.41) is 3.33. The molecule has 0 bridgehead atoms. The van der Waals surface area contributed by atoms with Crippen molar-refractivity contribution in [3.8, 4) is 0 Å². The molecule has 1 aromatic carbocycles. The third-order valence-electron chi connectivity index (χ3n) is 3.37. The molecule has 1 aromatic heterocycles. The second kappa shape index (κ2) is 6.75. The number of carbonyl (C=O) groups is 1. The Bertz CT molecular complexity index is 755. The molecule has 0 aliphatic rings. The van der Waals surface area contributed by atoms with Crippen molar-refractivity contribution in [1.29, 1.82) is 0 Å². The summed E-state index contributed by atoms with van der Waals surface area (Å²) in [6.07, 6.45) is 0.484. The predicted molar refractivity (Wildman–Crippen MR) is 87.4 cm³/mol. The molecule has 5 nitrogen and oxygen atoms in total. The van der Waals surface area contributed by atoms with Gasteiger partial charge in [0.05, 0.1) is 0 Å². The molecule has 2 rings (SSSR count). The van der Waals surface area contributed by atoms with Crippen LogP contribution in [0.5, 0.6) is 0 Å². The SMILES string of the molecule is CC[C@@H](C(=O)Nc1cccc(Cl)c1)n1c(C)cc(C)nc1=O. The van der Waals surface area contributed by atoms with Gasteiger partial charge < -0.3 is 5.32 Å². The Kier molecular flexibility index (Phi) is 4.98. The van der Waals surface area contributed by atoms with E-state index in [-0.39, 0.29) is 5.91 Å². The number of aryl methyl sites for hydroxylation is 2. The molecule has 0 unspecified atom stereocenters. The molecular weight excluding hydrogens is 302 g/mol. The summed E-state index contributed by atoms with van der Waals surface area (Å²) in [5.74, 6) is -0.263. The topological polar surface area (TPSA) is 64.0 Å². The van der Waals surface area contributed by atoms with Crippen LogP contribution in [0.3, 0.4) is 0 Å². The number of hydrogen-bond acceptors (Lipinski definition) is 3. The number of hydrogen-bond donors (Lipinski definition) is 1. The first-order valence-electron chi connectivity index (χ1n) is 7.05. The third-order valence-corrected chi connectivity index (χ3v) is 3.60. The van der Waals surface area contributed by atoms with Crippen molar-refractivity contribution in [3.05, 3.63) is 57.2 Å². The monoisotopic (exact) mass is 319 g/mol. The quantitative estimate of drug-likeness (QED) is 0.941. The van der Waals surface area contributed by atoms with Gasteiger partial charge in [-0.2, -0.15) is 4.98 Å². The molecule has 0 fully saturated rings. The van der Waals surface area contributed by atoms with Crippen LogP contribution in [0, 0.1) is 13.8 Å². The van der Waals surface area contributed by atoms with Crippen LogP contribution in [0.2, 0.25) is 5.02 Å².